The molecule has 0 bridgehead atoms. The lowest BCUT2D eigenvalue weighted by atomic mass is 10.2. The van der Waals surface area contributed by atoms with Crippen LogP contribution in [0.2, 0.25) is 0 Å². The van der Waals surface area contributed by atoms with Gasteiger partial charge in [0.25, 0.3) is 0 Å². The summed E-state index contributed by atoms with van der Waals surface area (Å²) >= 11 is 0. The van der Waals surface area contributed by atoms with Crippen LogP contribution in [0.3, 0.4) is 0 Å². The Hall–Kier alpha value is -1.44. The van der Waals surface area contributed by atoms with Crippen LogP contribution in [0.4, 0.5) is 0 Å². The van der Waals surface area contributed by atoms with Crippen LogP contribution in [0.1, 0.15) is 10.4 Å². The van der Waals surface area contributed by atoms with Gasteiger partial charge in [-0.1, -0.05) is 12.1 Å². The number of benzene rings is 1. The summed E-state index contributed by atoms with van der Waals surface area (Å²) in [5.74, 6) is -0.676. The van der Waals surface area contributed by atoms with Gasteiger partial charge in [0.05, 0.1) is 17.6 Å². The molecule has 6 nitrogen and oxygen atoms in total. The van der Waals surface area contributed by atoms with E-state index in [1.54, 1.807) is 19.2 Å². The third kappa shape index (κ3) is 3.52. The summed E-state index contributed by atoms with van der Waals surface area (Å²) in [5, 5.41) is 2.82. The van der Waals surface area contributed by atoms with Gasteiger partial charge in [0.1, 0.15) is 0 Å². The van der Waals surface area contributed by atoms with E-state index in [2.05, 4.69) is 14.8 Å². The molecule has 100 valence electrons. The number of likely N-dealkylation sites (N-methyl/N-ethyl adjacent to an activating group) is 1. The average Bonchev–Trinajstić information content (AvgIpc) is 2.38. The van der Waals surface area contributed by atoms with Crippen LogP contribution < -0.4 is 10.0 Å². The van der Waals surface area contributed by atoms with Crippen molar-refractivity contribution in [2.75, 3.05) is 27.2 Å². The first kappa shape index (κ1) is 14.6. The Kier molecular flexibility index (Phi) is 5.26. The summed E-state index contributed by atoms with van der Waals surface area (Å²) in [6, 6.07) is 5.92. The SMILES string of the molecule is CNCCNS(=O)(=O)c1ccccc1C(=O)OC. The van der Waals surface area contributed by atoms with Crippen molar-refractivity contribution in [2.45, 2.75) is 4.90 Å². The second kappa shape index (κ2) is 6.48. The molecule has 0 aliphatic rings. The molecule has 0 aliphatic carbocycles. The molecule has 1 aromatic rings. The van der Waals surface area contributed by atoms with Gasteiger partial charge in [0.2, 0.25) is 10.0 Å². The molecule has 0 amide bonds. The summed E-state index contributed by atoms with van der Waals surface area (Å²) < 4.78 is 31.0. The molecule has 0 saturated carbocycles. The van der Waals surface area contributed by atoms with E-state index < -0.39 is 16.0 Å². The molecule has 18 heavy (non-hydrogen) atoms. The average molecular weight is 272 g/mol. The van der Waals surface area contributed by atoms with Crippen molar-refractivity contribution in [1.29, 1.82) is 0 Å². The smallest absolute Gasteiger partial charge is 0.339 e. The number of carbonyl (C=O) groups excluding carboxylic acids is 1. The van der Waals surface area contributed by atoms with E-state index in [1.807, 2.05) is 0 Å². The molecule has 0 heterocycles. The molecule has 0 saturated heterocycles. The van der Waals surface area contributed by atoms with Gasteiger partial charge in [-0.3, -0.25) is 0 Å². The van der Waals surface area contributed by atoms with Crippen LogP contribution in [0.5, 0.6) is 0 Å². The number of methoxy groups -OCH3 is 1. The van der Waals surface area contributed by atoms with Gasteiger partial charge in [0.15, 0.2) is 0 Å². The number of carbonyl (C=O) groups is 1. The zero-order valence-corrected chi connectivity index (χ0v) is 11.1. The summed E-state index contributed by atoms with van der Waals surface area (Å²) in [6.45, 7) is 0.744. The highest BCUT2D eigenvalue weighted by Crippen LogP contribution is 2.15. The number of esters is 1. The number of rotatable bonds is 6. The Bertz CT molecular complexity index is 514. The Balaban J connectivity index is 3.05. The van der Waals surface area contributed by atoms with E-state index in [0.717, 1.165) is 0 Å². The lowest BCUT2D eigenvalue weighted by Crippen LogP contribution is -2.31. The van der Waals surface area contributed by atoms with E-state index in [1.165, 1.54) is 19.2 Å². The topological polar surface area (TPSA) is 84.5 Å². The normalized spacial score (nSPS) is 11.2. The highest BCUT2D eigenvalue weighted by Gasteiger charge is 2.21. The molecule has 0 aromatic heterocycles. The molecule has 1 aromatic carbocycles. The molecule has 0 unspecified atom stereocenters. The van der Waals surface area contributed by atoms with E-state index in [-0.39, 0.29) is 17.0 Å². The van der Waals surface area contributed by atoms with Gasteiger partial charge in [-0.25, -0.2) is 17.9 Å². The lowest BCUT2D eigenvalue weighted by molar-refractivity contribution is 0.0596. The molecule has 2 N–H and O–H groups in total. The molecule has 0 aliphatic heterocycles. The molecule has 0 radical (unpaired) electrons. The summed E-state index contributed by atoms with van der Waals surface area (Å²) in [4.78, 5) is 11.4. The highest BCUT2D eigenvalue weighted by atomic mass is 32.2. The quantitative estimate of drug-likeness (QED) is 0.561. The minimum atomic E-state index is -3.71. The number of ether oxygens (including phenoxy) is 1. The van der Waals surface area contributed by atoms with Crippen LogP contribution in [0.25, 0.3) is 0 Å². The van der Waals surface area contributed by atoms with E-state index in [4.69, 9.17) is 0 Å². The fourth-order valence-corrected chi connectivity index (χ4v) is 2.59. The maximum absolute atomic E-state index is 12.0. The lowest BCUT2D eigenvalue weighted by Gasteiger charge is -2.09. The predicted octanol–water partition coefficient (Wildman–Crippen LogP) is -0.0291. The first-order valence-electron chi connectivity index (χ1n) is 5.34. The third-order valence-electron chi connectivity index (χ3n) is 2.25. The van der Waals surface area contributed by atoms with E-state index in [0.29, 0.717) is 6.54 Å². The van der Waals surface area contributed by atoms with Crippen LogP contribution in [-0.4, -0.2) is 41.6 Å². The second-order valence-corrected chi connectivity index (χ2v) is 5.22. The molecule has 0 atom stereocenters. The van der Waals surface area contributed by atoms with Crippen LogP contribution in [0.15, 0.2) is 29.2 Å². The first-order chi connectivity index (χ1) is 8.53. The number of hydrogen-bond donors (Lipinski definition) is 2. The van der Waals surface area contributed by atoms with Crippen LogP contribution in [-0.2, 0) is 14.8 Å². The summed E-state index contributed by atoms with van der Waals surface area (Å²) in [5.41, 5.74) is 0.0250. The monoisotopic (exact) mass is 272 g/mol. The Morgan fingerprint density at radius 2 is 1.94 bits per heavy atom. The second-order valence-electron chi connectivity index (χ2n) is 3.49. The highest BCUT2D eigenvalue weighted by molar-refractivity contribution is 7.89. The number of sulfonamides is 1. The van der Waals surface area contributed by atoms with Gasteiger partial charge in [0, 0.05) is 13.1 Å². The Morgan fingerprint density at radius 1 is 1.28 bits per heavy atom. The molecular weight excluding hydrogens is 256 g/mol. The van der Waals surface area contributed by atoms with Crippen molar-refractivity contribution in [3.05, 3.63) is 29.8 Å². The Labute approximate surface area is 106 Å². The Morgan fingerprint density at radius 3 is 2.56 bits per heavy atom. The molecule has 7 heteroatoms. The van der Waals surface area contributed by atoms with Gasteiger partial charge in [-0.2, -0.15) is 0 Å². The maximum Gasteiger partial charge on any atom is 0.339 e. The van der Waals surface area contributed by atoms with Crippen LogP contribution >= 0.6 is 0 Å². The molecule has 1 rings (SSSR count). The van der Waals surface area contributed by atoms with E-state index >= 15 is 0 Å². The fourth-order valence-electron chi connectivity index (χ4n) is 1.37. The predicted molar refractivity (Wildman–Crippen MR) is 66.9 cm³/mol. The van der Waals surface area contributed by atoms with Crippen molar-refractivity contribution >= 4 is 16.0 Å². The zero-order chi connectivity index (χ0) is 13.6. The van der Waals surface area contributed by atoms with Gasteiger partial charge in [-0.05, 0) is 19.2 Å². The van der Waals surface area contributed by atoms with Crippen molar-refractivity contribution in [2.24, 2.45) is 0 Å². The van der Waals surface area contributed by atoms with Crippen molar-refractivity contribution in [3.63, 3.8) is 0 Å². The van der Waals surface area contributed by atoms with Gasteiger partial charge < -0.3 is 10.1 Å². The molecule has 0 spiro atoms. The van der Waals surface area contributed by atoms with Gasteiger partial charge in [-0.15, -0.1) is 0 Å². The minimum Gasteiger partial charge on any atom is -0.465 e. The maximum atomic E-state index is 12.0. The number of nitrogens with one attached hydrogen (secondary N) is 2. The van der Waals surface area contributed by atoms with Gasteiger partial charge >= 0.3 is 5.97 Å². The zero-order valence-electron chi connectivity index (χ0n) is 10.3. The molecular formula is C11H16N2O4S. The minimum absolute atomic E-state index is 0.0250. The standard InChI is InChI=1S/C11H16N2O4S/c1-12-7-8-13-18(15,16)10-6-4-3-5-9(10)11(14)17-2/h3-6,12-13H,7-8H2,1-2H3. The fraction of sp³-hybridized carbons (Fsp3) is 0.364. The molecule has 0 fully saturated rings. The number of hydrogen-bond acceptors (Lipinski definition) is 5. The van der Waals surface area contributed by atoms with Crippen molar-refractivity contribution < 1.29 is 17.9 Å². The third-order valence-corrected chi connectivity index (χ3v) is 3.77. The van der Waals surface area contributed by atoms with Crippen molar-refractivity contribution in [3.8, 4) is 0 Å². The summed E-state index contributed by atoms with van der Waals surface area (Å²) in [6.07, 6.45) is 0. The van der Waals surface area contributed by atoms with Crippen LogP contribution in [0, 0.1) is 0 Å². The first-order valence-corrected chi connectivity index (χ1v) is 6.83. The van der Waals surface area contributed by atoms with E-state index in [9.17, 15) is 13.2 Å². The largest absolute Gasteiger partial charge is 0.465 e. The summed E-state index contributed by atoms with van der Waals surface area (Å²) in [7, 11) is -0.782. The van der Waals surface area contributed by atoms with Crippen molar-refractivity contribution in [1.82, 2.24) is 10.0 Å².